The molecule has 0 saturated carbocycles. The number of carbonyl (C=O) groups is 1. The molecule has 1 aromatic rings. The maximum absolute atomic E-state index is 11.9. The smallest absolute Gasteiger partial charge is 0.234 e. The molecule has 94 valence electrons. The largest absolute Gasteiger partial charge is 0.342 e. The van der Waals surface area contributed by atoms with Crippen LogP contribution in [0.3, 0.4) is 0 Å². The molecule has 2 rings (SSSR count). The van der Waals surface area contributed by atoms with Crippen molar-refractivity contribution in [2.75, 3.05) is 13.1 Å². The molecule has 1 heterocycles. The average Bonchev–Trinajstić information content (AvgIpc) is 2.42. The van der Waals surface area contributed by atoms with Crippen molar-refractivity contribution in [3.8, 4) is 11.8 Å². The Hall–Kier alpha value is -1.75. The zero-order valence-corrected chi connectivity index (χ0v) is 10.9. The zero-order valence-electron chi connectivity index (χ0n) is 10.9. The van der Waals surface area contributed by atoms with Gasteiger partial charge in [0.05, 0.1) is 6.42 Å². The number of rotatable bonds is 1. The molecular weight excluding hydrogens is 222 g/mol. The number of hydrogen-bond acceptors (Lipinski definition) is 1. The molecule has 0 radical (unpaired) electrons. The van der Waals surface area contributed by atoms with Crippen LogP contribution >= 0.6 is 0 Å². The first-order chi connectivity index (χ1) is 8.77. The van der Waals surface area contributed by atoms with Gasteiger partial charge in [0.15, 0.2) is 0 Å². The Kier molecular flexibility index (Phi) is 4.41. The number of likely N-dealkylation sites (tertiary alicyclic amines) is 1. The van der Waals surface area contributed by atoms with Crippen molar-refractivity contribution < 1.29 is 4.79 Å². The monoisotopic (exact) mass is 241 g/mol. The van der Waals surface area contributed by atoms with Gasteiger partial charge in [-0.3, -0.25) is 4.79 Å². The van der Waals surface area contributed by atoms with Crippen LogP contribution < -0.4 is 0 Å². The summed E-state index contributed by atoms with van der Waals surface area (Å²) in [5.41, 5.74) is 2.18. The summed E-state index contributed by atoms with van der Waals surface area (Å²) in [5, 5.41) is 0. The molecule has 1 aromatic carbocycles. The number of carbonyl (C=O) groups excluding carboxylic acids is 1. The number of amides is 1. The second-order valence-corrected chi connectivity index (χ2v) is 4.73. The van der Waals surface area contributed by atoms with Gasteiger partial charge in [-0.25, -0.2) is 0 Å². The number of aryl methyl sites for hydroxylation is 1. The summed E-state index contributed by atoms with van der Waals surface area (Å²) < 4.78 is 0. The molecule has 0 atom stereocenters. The quantitative estimate of drug-likeness (QED) is 0.692. The minimum atomic E-state index is 0.177. The van der Waals surface area contributed by atoms with Gasteiger partial charge in [0.25, 0.3) is 0 Å². The number of piperidine rings is 1. The molecule has 0 N–H and O–H groups in total. The molecule has 2 heteroatoms. The van der Waals surface area contributed by atoms with Crippen LogP contribution in [0.1, 0.15) is 36.8 Å². The summed E-state index contributed by atoms with van der Waals surface area (Å²) in [5.74, 6) is 6.26. The highest BCUT2D eigenvalue weighted by molar-refractivity contribution is 5.79. The molecule has 2 nitrogen and oxygen atoms in total. The highest BCUT2D eigenvalue weighted by Crippen LogP contribution is 2.10. The minimum absolute atomic E-state index is 0.177. The summed E-state index contributed by atoms with van der Waals surface area (Å²) in [4.78, 5) is 13.8. The van der Waals surface area contributed by atoms with E-state index in [1.54, 1.807) is 0 Å². The van der Waals surface area contributed by atoms with E-state index in [0.717, 1.165) is 37.1 Å². The van der Waals surface area contributed by atoms with E-state index in [1.165, 1.54) is 6.42 Å². The van der Waals surface area contributed by atoms with Gasteiger partial charge in [-0.1, -0.05) is 30.0 Å². The van der Waals surface area contributed by atoms with Crippen LogP contribution in [-0.4, -0.2) is 23.9 Å². The minimum Gasteiger partial charge on any atom is -0.342 e. The Bertz CT molecular complexity index is 475. The highest BCUT2D eigenvalue weighted by atomic mass is 16.2. The van der Waals surface area contributed by atoms with Crippen LogP contribution in [0.25, 0.3) is 0 Å². The second kappa shape index (κ2) is 6.26. The predicted octanol–water partition coefficient (Wildman–Crippen LogP) is 2.75. The third-order valence-electron chi connectivity index (χ3n) is 3.32. The highest BCUT2D eigenvalue weighted by Gasteiger charge is 2.14. The molecule has 1 saturated heterocycles. The average molecular weight is 241 g/mol. The SMILES string of the molecule is Cc1ccccc1C#CCC(=O)N1CCCCC1. The molecule has 0 spiro atoms. The summed E-state index contributed by atoms with van der Waals surface area (Å²) in [6.45, 7) is 3.85. The predicted molar refractivity (Wildman–Crippen MR) is 73.1 cm³/mol. The van der Waals surface area contributed by atoms with Crippen LogP contribution in [0.5, 0.6) is 0 Å². The lowest BCUT2D eigenvalue weighted by Gasteiger charge is -2.25. The van der Waals surface area contributed by atoms with Crippen LogP contribution in [0.4, 0.5) is 0 Å². The fourth-order valence-corrected chi connectivity index (χ4v) is 2.18. The van der Waals surface area contributed by atoms with Gasteiger partial charge < -0.3 is 4.90 Å². The molecule has 0 aliphatic carbocycles. The molecule has 1 aliphatic rings. The lowest BCUT2D eigenvalue weighted by molar-refractivity contribution is -0.130. The van der Waals surface area contributed by atoms with Crippen molar-refractivity contribution in [1.82, 2.24) is 4.90 Å². The van der Waals surface area contributed by atoms with Crippen molar-refractivity contribution in [1.29, 1.82) is 0 Å². The van der Waals surface area contributed by atoms with Crippen LogP contribution in [0, 0.1) is 18.8 Å². The topological polar surface area (TPSA) is 20.3 Å². The molecule has 1 amide bonds. The van der Waals surface area contributed by atoms with Crippen molar-refractivity contribution >= 4 is 5.91 Å². The molecule has 1 fully saturated rings. The third-order valence-corrected chi connectivity index (χ3v) is 3.32. The van der Waals surface area contributed by atoms with E-state index >= 15 is 0 Å². The van der Waals surface area contributed by atoms with Gasteiger partial charge in [-0.05, 0) is 37.8 Å². The van der Waals surface area contributed by atoms with E-state index in [-0.39, 0.29) is 5.91 Å². The Morgan fingerprint density at radius 1 is 1.22 bits per heavy atom. The Morgan fingerprint density at radius 2 is 1.94 bits per heavy atom. The van der Waals surface area contributed by atoms with Crippen molar-refractivity contribution in [3.63, 3.8) is 0 Å². The number of hydrogen-bond donors (Lipinski definition) is 0. The third kappa shape index (κ3) is 3.37. The second-order valence-electron chi connectivity index (χ2n) is 4.73. The van der Waals surface area contributed by atoms with E-state index in [1.807, 2.05) is 36.1 Å². The number of benzene rings is 1. The number of nitrogens with zero attached hydrogens (tertiary/aromatic N) is 1. The van der Waals surface area contributed by atoms with E-state index in [2.05, 4.69) is 11.8 Å². The van der Waals surface area contributed by atoms with Crippen LogP contribution in [0.15, 0.2) is 24.3 Å². The van der Waals surface area contributed by atoms with Gasteiger partial charge in [0.2, 0.25) is 5.91 Å². The Morgan fingerprint density at radius 3 is 2.67 bits per heavy atom. The van der Waals surface area contributed by atoms with Gasteiger partial charge in [-0.2, -0.15) is 0 Å². The first-order valence-corrected chi connectivity index (χ1v) is 6.59. The lowest BCUT2D eigenvalue weighted by atomic mass is 10.1. The lowest BCUT2D eigenvalue weighted by Crippen LogP contribution is -2.35. The van der Waals surface area contributed by atoms with Crippen molar-refractivity contribution in [3.05, 3.63) is 35.4 Å². The van der Waals surface area contributed by atoms with Crippen molar-refractivity contribution in [2.24, 2.45) is 0 Å². The van der Waals surface area contributed by atoms with Crippen LogP contribution in [0.2, 0.25) is 0 Å². The normalized spacial score (nSPS) is 14.8. The molecule has 0 unspecified atom stereocenters. The molecule has 1 aliphatic heterocycles. The summed E-state index contributed by atoms with van der Waals surface area (Å²) in [6, 6.07) is 8.01. The standard InChI is InChI=1S/C16H19NO/c1-14-8-3-4-9-15(14)10-7-11-16(18)17-12-5-2-6-13-17/h3-4,8-9H,2,5-6,11-13H2,1H3. The summed E-state index contributed by atoms with van der Waals surface area (Å²) in [6.07, 6.45) is 3.86. The van der Waals surface area contributed by atoms with E-state index in [4.69, 9.17) is 0 Å². The molecule has 0 bridgehead atoms. The molecular formula is C16H19NO. The maximum Gasteiger partial charge on any atom is 0.234 e. The Labute approximate surface area is 109 Å². The maximum atomic E-state index is 11.9. The molecule has 0 aromatic heterocycles. The van der Waals surface area contributed by atoms with E-state index < -0.39 is 0 Å². The first-order valence-electron chi connectivity index (χ1n) is 6.59. The van der Waals surface area contributed by atoms with Gasteiger partial charge in [0.1, 0.15) is 0 Å². The fourth-order valence-electron chi connectivity index (χ4n) is 2.18. The summed E-state index contributed by atoms with van der Waals surface area (Å²) >= 11 is 0. The van der Waals surface area contributed by atoms with Gasteiger partial charge >= 0.3 is 0 Å². The van der Waals surface area contributed by atoms with Gasteiger partial charge in [-0.15, -0.1) is 0 Å². The van der Waals surface area contributed by atoms with Crippen molar-refractivity contribution in [2.45, 2.75) is 32.6 Å². The zero-order chi connectivity index (χ0) is 12.8. The fraction of sp³-hybridized carbons (Fsp3) is 0.438. The van der Waals surface area contributed by atoms with E-state index in [0.29, 0.717) is 6.42 Å². The van der Waals surface area contributed by atoms with Gasteiger partial charge in [0, 0.05) is 18.7 Å². The van der Waals surface area contributed by atoms with Crippen LogP contribution in [-0.2, 0) is 4.79 Å². The summed E-state index contributed by atoms with van der Waals surface area (Å²) in [7, 11) is 0. The van der Waals surface area contributed by atoms with E-state index in [9.17, 15) is 4.79 Å². The molecule has 18 heavy (non-hydrogen) atoms. The first kappa shape index (κ1) is 12.7. The Balaban J connectivity index is 1.92.